The summed E-state index contributed by atoms with van der Waals surface area (Å²) in [6.07, 6.45) is -4.34. The molecule has 0 saturated carbocycles. The van der Waals surface area contributed by atoms with Crippen LogP contribution in [0.5, 0.6) is 0 Å². The van der Waals surface area contributed by atoms with Gasteiger partial charge >= 0.3 is 6.18 Å². The fourth-order valence-electron chi connectivity index (χ4n) is 1.38. The third-order valence-electron chi connectivity index (χ3n) is 2.26. The van der Waals surface area contributed by atoms with E-state index in [1.807, 2.05) is 0 Å². The highest BCUT2D eigenvalue weighted by Crippen LogP contribution is 2.22. The first-order valence-corrected chi connectivity index (χ1v) is 5.62. The summed E-state index contributed by atoms with van der Waals surface area (Å²) < 4.78 is 37.7. The maximum atomic E-state index is 12.6. The molecule has 0 aromatic carbocycles. The van der Waals surface area contributed by atoms with Crippen LogP contribution in [0.3, 0.4) is 0 Å². The summed E-state index contributed by atoms with van der Waals surface area (Å²) >= 11 is 0. The van der Waals surface area contributed by atoms with Crippen LogP contribution in [0, 0.1) is 0 Å². The average molecular weight is 278 g/mol. The number of hydrogen-bond acceptors (Lipinski definition) is 6. The summed E-state index contributed by atoms with van der Waals surface area (Å²) in [5.41, 5.74) is 5.50. The Kier molecular flexibility index (Phi) is 4.38. The van der Waals surface area contributed by atoms with E-state index in [1.165, 1.54) is 0 Å². The lowest BCUT2D eigenvalue weighted by Crippen LogP contribution is -2.40. The number of nitrogens with zero attached hydrogens (tertiary/aromatic N) is 5. The van der Waals surface area contributed by atoms with Gasteiger partial charge in [-0.3, -0.25) is 0 Å². The van der Waals surface area contributed by atoms with Crippen LogP contribution in [-0.4, -0.2) is 47.8 Å². The van der Waals surface area contributed by atoms with Gasteiger partial charge in [0.05, 0.1) is 0 Å². The van der Waals surface area contributed by atoms with E-state index in [2.05, 4.69) is 15.0 Å². The zero-order valence-electron chi connectivity index (χ0n) is 11.2. The summed E-state index contributed by atoms with van der Waals surface area (Å²) in [4.78, 5) is 14.2. The summed E-state index contributed by atoms with van der Waals surface area (Å²) in [6, 6.07) is -0.418. The van der Waals surface area contributed by atoms with Crippen molar-refractivity contribution in [3.05, 3.63) is 0 Å². The lowest BCUT2D eigenvalue weighted by atomic mass is 10.3. The van der Waals surface area contributed by atoms with Crippen molar-refractivity contribution in [3.63, 3.8) is 0 Å². The first-order chi connectivity index (χ1) is 8.60. The standard InChI is InChI=1S/C10H17F3N6/c1-6(2)19(5-10(11,12)13)9-16-7(14)15-8(17-9)18(3)4/h6H,5H2,1-4H3,(H2,14,15,16,17). The number of hydrogen-bond donors (Lipinski definition) is 1. The minimum absolute atomic E-state index is 0.0801. The van der Waals surface area contributed by atoms with Gasteiger partial charge in [0.25, 0.3) is 0 Å². The van der Waals surface area contributed by atoms with E-state index in [4.69, 9.17) is 5.73 Å². The van der Waals surface area contributed by atoms with Gasteiger partial charge in [-0.1, -0.05) is 0 Å². The number of halogens is 3. The molecule has 0 saturated heterocycles. The Balaban J connectivity index is 3.16. The molecule has 1 heterocycles. The van der Waals surface area contributed by atoms with E-state index in [0.29, 0.717) is 0 Å². The second kappa shape index (κ2) is 5.45. The highest BCUT2D eigenvalue weighted by Gasteiger charge is 2.33. The molecule has 108 valence electrons. The first-order valence-electron chi connectivity index (χ1n) is 5.62. The molecule has 1 rings (SSSR count). The van der Waals surface area contributed by atoms with Gasteiger partial charge in [-0.25, -0.2) is 0 Å². The van der Waals surface area contributed by atoms with Crippen molar-refractivity contribution in [3.8, 4) is 0 Å². The maximum Gasteiger partial charge on any atom is 0.406 e. The molecule has 1 aromatic rings. The molecule has 2 N–H and O–H groups in total. The van der Waals surface area contributed by atoms with Crippen molar-refractivity contribution in [1.29, 1.82) is 0 Å². The van der Waals surface area contributed by atoms with Gasteiger partial charge in [0.2, 0.25) is 17.8 Å². The van der Waals surface area contributed by atoms with E-state index < -0.39 is 18.8 Å². The average Bonchev–Trinajstić information content (AvgIpc) is 2.23. The van der Waals surface area contributed by atoms with Crippen LogP contribution in [0.2, 0.25) is 0 Å². The van der Waals surface area contributed by atoms with Crippen molar-refractivity contribution in [2.75, 3.05) is 36.2 Å². The van der Waals surface area contributed by atoms with E-state index in [0.717, 1.165) is 4.90 Å². The Morgan fingerprint density at radius 1 is 1.11 bits per heavy atom. The quantitative estimate of drug-likeness (QED) is 0.895. The van der Waals surface area contributed by atoms with Crippen LogP contribution in [0.25, 0.3) is 0 Å². The fraction of sp³-hybridized carbons (Fsp3) is 0.700. The van der Waals surface area contributed by atoms with Crippen molar-refractivity contribution >= 4 is 17.8 Å². The molecule has 0 aliphatic rings. The highest BCUT2D eigenvalue weighted by atomic mass is 19.4. The Labute approximate surface area is 109 Å². The van der Waals surface area contributed by atoms with Crippen LogP contribution < -0.4 is 15.5 Å². The van der Waals surface area contributed by atoms with E-state index in [1.54, 1.807) is 32.8 Å². The monoisotopic (exact) mass is 278 g/mol. The van der Waals surface area contributed by atoms with E-state index in [9.17, 15) is 13.2 Å². The van der Waals surface area contributed by atoms with Gasteiger partial charge in [0.15, 0.2) is 0 Å². The second-order valence-corrected chi connectivity index (χ2v) is 4.52. The Bertz CT molecular complexity index is 432. The molecular weight excluding hydrogens is 261 g/mol. The SMILES string of the molecule is CC(C)N(CC(F)(F)F)c1nc(N)nc(N(C)C)n1. The molecule has 0 bridgehead atoms. The van der Waals surface area contributed by atoms with Crippen LogP contribution in [0.1, 0.15) is 13.8 Å². The molecule has 9 heteroatoms. The summed E-state index contributed by atoms with van der Waals surface area (Å²) in [5, 5.41) is 0. The van der Waals surface area contributed by atoms with Gasteiger partial charge in [0, 0.05) is 20.1 Å². The largest absolute Gasteiger partial charge is 0.406 e. The third kappa shape index (κ3) is 4.42. The third-order valence-corrected chi connectivity index (χ3v) is 2.26. The Morgan fingerprint density at radius 2 is 1.63 bits per heavy atom. The molecule has 0 fully saturated rings. The predicted molar refractivity (Wildman–Crippen MR) is 67.1 cm³/mol. The number of alkyl halides is 3. The highest BCUT2D eigenvalue weighted by molar-refractivity contribution is 5.43. The summed E-state index contributed by atoms with van der Waals surface area (Å²) in [7, 11) is 3.34. The number of aromatic nitrogens is 3. The molecule has 0 spiro atoms. The topological polar surface area (TPSA) is 71.2 Å². The normalized spacial score (nSPS) is 11.8. The Morgan fingerprint density at radius 3 is 2.05 bits per heavy atom. The van der Waals surface area contributed by atoms with Crippen LogP contribution >= 0.6 is 0 Å². The number of anilines is 3. The predicted octanol–water partition coefficient (Wildman–Crippen LogP) is 1.30. The van der Waals surface area contributed by atoms with Crippen LogP contribution in [0.4, 0.5) is 31.0 Å². The van der Waals surface area contributed by atoms with Gasteiger partial charge in [-0.15, -0.1) is 0 Å². The molecule has 0 aliphatic carbocycles. The zero-order valence-corrected chi connectivity index (χ0v) is 11.2. The van der Waals surface area contributed by atoms with E-state index >= 15 is 0 Å². The fourth-order valence-corrected chi connectivity index (χ4v) is 1.38. The second-order valence-electron chi connectivity index (χ2n) is 4.52. The van der Waals surface area contributed by atoms with Crippen molar-refractivity contribution < 1.29 is 13.2 Å². The van der Waals surface area contributed by atoms with Crippen molar-refractivity contribution in [1.82, 2.24) is 15.0 Å². The molecule has 0 radical (unpaired) electrons. The zero-order chi connectivity index (χ0) is 14.8. The lowest BCUT2D eigenvalue weighted by Gasteiger charge is -2.28. The molecular formula is C10H17F3N6. The summed E-state index contributed by atoms with van der Waals surface area (Å²) in [6.45, 7) is 2.11. The smallest absolute Gasteiger partial charge is 0.368 e. The molecule has 0 unspecified atom stereocenters. The minimum Gasteiger partial charge on any atom is -0.368 e. The molecule has 19 heavy (non-hydrogen) atoms. The molecule has 6 nitrogen and oxygen atoms in total. The van der Waals surface area contributed by atoms with E-state index in [-0.39, 0.29) is 17.8 Å². The molecule has 0 aliphatic heterocycles. The van der Waals surface area contributed by atoms with Gasteiger partial charge in [0.1, 0.15) is 6.54 Å². The molecule has 0 amide bonds. The van der Waals surface area contributed by atoms with Crippen molar-refractivity contribution in [2.24, 2.45) is 0 Å². The first kappa shape index (κ1) is 15.3. The minimum atomic E-state index is -4.34. The van der Waals surface area contributed by atoms with Crippen LogP contribution in [-0.2, 0) is 0 Å². The van der Waals surface area contributed by atoms with Gasteiger partial charge in [-0.05, 0) is 13.8 Å². The van der Waals surface area contributed by atoms with Gasteiger partial charge in [-0.2, -0.15) is 28.1 Å². The number of rotatable bonds is 4. The molecule has 0 atom stereocenters. The lowest BCUT2D eigenvalue weighted by molar-refractivity contribution is -0.120. The number of nitrogens with two attached hydrogens (primary N) is 1. The number of nitrogen functional groups attached to an aromatic ring is 1. The van der Waals surface area contributed by atoms with Crippen LogP contribution in [0.15, 0.2) is 0 Å². The Hall–Kier alpha value is -1.80. The summed E-state index contributed by atoms with van der Waals surface area (Å²) in [5.74, 6) is 0.0281. The van der Waals surface area contributed by atoms with Crippen molar-refractivity contribution in [2.45, 2.75) is 26.1 Å². The van der Waals surface area contributed by atoms with Gasteiger partial charge < -0.3 is 15.5 Å². The molecule has 1 aromatic heterocycles. The maximum absolute atomic E-state index is 12.6.